The standard InChI is InChI=1S/C22H42O4.5C2H4/c1-5-9-11-15-19(13-7-3)21(23)25-17-18-26-22(24)20(14-8-4)16-12-10-6-2;5*1-2/h19-20H,5-18H2,1-4H3;5*1-2H2. The van der Waals surface area contributed by atoms with Gasteiger partial charge in [0.05, 0.1) is 11.8 Å². The predicted octanol–water partition coefficient (Wildman–Crippen LogP) is 10.1. The first-order chi connectivity index (χ1) is 17.6. The molecule has 0 aliphatic carbocycles. The summed E-state index contributed by atoms with van der Waals surface area (Å²) in [4.78, 5) is 24.4. The maximum Gasteiger partial charge on any atom is 0.309 e. The summed E-state index contributed by atoms with van der Waals surface area (Å²) in [6.07, 6.45) is 12.3. The molecule has 0 saturated carbocycles. The summed E-state index contributed by atoms with van der Waals surface area (Å²) in [6, 6.07) is 0. The third kappa shape index (κ3) is 36.2. The van der Waals surface area contributed by atoms with Gasteiger partial charge in [-0.1, -0.05) is 79.1 Å². The maximum absolute atomic E-state index is 12.2. The van der Waals surface area contributed by atoms with Crippen molar-refractivity contribution >= 4 is 11.9 Å². The van der Waals surface area contributed by atoms with Gasteiger partial charge in [-0.25, -0.2) is 0 Å². The van der Waals surface area contributed by atoms with E-state index in [1.165, 1.54) is 0 Å². The molecule has 0 heterocycles. The number of esters is 2. The molecule has 0 aromatic rings. The maximum atomic E-state index is 12.2. The SMILES string of the molecule is C=C.C=C.C=C.C=C.C=C.CCCCCC(CCC)C(=O)OCCOC(=O)C(CCC)CCCCC. The molecule has 0 rings (SSSR count). The van der Waals surface area contributed by atoms with Crippen molar-refractivity contribution in [3.63, 3.8) is 0 Å². The van der Waals surface area contributed by atoms with Gasteiger partial charge in [-0.05, 0) is 25.7 Å². The molecular weight excluding hydrogens is 448 g/mol. The lowest BCUT2D eigenvalue weighted by Gasteiger charge is -2.17. The van der Waals surface area contributed by atoms with Gasteiger partial charge in [0, 0.05) is 0 Å². The molecule has 0 spiro atoms. The molecule has 4 heteroatoms. The number of carbonyl (C=O) groups excluding carboxylic acids is 2. The van der Waals surface area contributed by atoms with Crippen molar-refractivity contribution in [1.29, 1.82) is 0 Å². The van der Waals surface area contributed by atoms with Crippen LogP contribution < -0.4 is 0 Å². The summed E-state index contributed by atoms with van der Waals surface area (Å²) in [5.41, 5.74) is 0. The van der Waals surface area contributed by atoms with E-state index < -0.39 is 0 Å². The van der Waals surface area contributed by atoms with Crippen LogP contribution in [0, 0.1) is 11.8 Å². The van der Waals surface area contributed by atoms with Gasteiger partial charge >= 0.3 is 11.9 Å². The van der Waals surface area contributed by atoms with Crippen molar-refractivity contribution in [2.45, 2.75) is 105 Å². The molecular formula is C32H62O4. The van der Waals surface area contributed by atoms with Crippen molar-refractivity contribution in [2.24, 2.45) is 11.8 Å². The molecule has 0 fully saturated rings. The first-order valence-electron chi connectivity index (χ1n) is 13.4. The average molecular weight is 511 g/mol. The van der Waals surface area contributed by atoms with Crippen LogP contribution in [0.3, 0.4) is 0 Å². The molecule has 0 bridgehead atoms. The highest BCUT2D eigenvalue weighted by Crippen LogP contribution is 2.19. The van der Waals surface area contributed by atoms with E-state index in [9.17, 15) is 9.59 Å². The molecule has 0 amide bonds. The normalized spacial score (nSPS) is 10.1. The Bertz CT molecular complexity index is 377. The molecule has 2 atom stereocenters. The van der Waals surface area contributed by atoms with E-state index >= 15 is 0 Å². The highest BCUT2D eigenvalue weighted by molar-refractivity contribution is 5.73. The Labute approximate surface area is 226 Å². The third-order valence-corrected chi connectivity index (χ3v) is 4.83. The molecule has 0 aliphatic rings. The van der Waals surface area contributed by atoms with Crippen LogP contribution in [0.2, 0.25) is 0 Å². The molecule has 2 unspecified atom stereocenters. The van der Waals surface area contributed by atoms with Crippen molar-refractivity contribution < 1.29 is 19.1 Å². The molecule has 0 saturated heterocycles. The van der Waals surface area contributed by atoms with Crippen LogP contribution in [0.4, 0.5) is 0 Å². The average Bonchev–Trinajstić information content (AvgIpc) is 2.95. The van der Waals surface area contributed by atoms with Crippen molar-refractivity contribution in [1.82, 2.24) is 0 Å². The summed E-state index contributed by atoms with van der Waals surface area (Å²) >= 11 is 0. The predicted molar refractivity (Wildman–Crippen MR) is 163 cm³/mol. The minimum Gasteiger partial charge on any atom is -0.462 e. The van der Waals surface area contributed by atoms with Gasteiger partial charge in [-0.3, -0.25) is 9.59 Å². The number of hydrogen-bond acceptors (Lipinski definition) is 4. The largest absolute Gasteiger partial charge is 0.462 e. The van der Waals surface area contributed by atoms with Crippen LogP contribution in [-0.4, -0.2) is 25.2 Å². The molecule has 36 heavy (non-hydrogen) atoms. The Balaban J connectivity index is -0.000000199. The molecule has 214 valence electrons. The third-order valence-electron chi connectivity index (χ3n) is 4.83. The van der Waals surface area contributed by atoms with E-state index in [2.05, 4.69) is 93.5 Å². The zero-order chi connectivity index (χ0) is 29.6. The van der Waals surface area contributed by atoms with Crippen LogP contribution in [0.5, 0.6) is 0 Å². The number of hydrogen-bond donors (Lipinski definition) is 0. The summed E-state index contributed by atoms with van der Waals surface area (Å²) in [5.74, 6) is -0.285. The van der Waals surface area contributed by atoms with Gasteiger partial charge in [-0.2, -0.15) is 0 Å². The molecule has 0 radical (unpaired) electrons. The van der Waals surface area contributed by atoms with Crippen molar-refractivity contribution in [2.75, 3.05) is 13.2 Å². The fourth-order valence-electron chi connectivity index (χ4n) is 3.26. The molecule has 4 nitrogen and oxygen atoms in total. The van der Waals surface area contributed by atoms with Gasteiger partial charge in [0.15, 0.2) is 0 Å². The monoisotopic (exact) mass is 510 g/mol. The number of carbonyl (C=O) groups is 2. The zero-order valence-electron chi connectivity index (χ0n) is 24.8. The van der Waals surface area contributed by atoms with Crippen molar-refractivity contribution in [3.05, 3.63) is 65.8 Å². The first kappa shape index (κ1) is 46.9. The van der Waals surface area contributed by atoms with Crippen LogP contribution >= 0.6 is 0 Å². The fraction of sp³-hybridized carbons (Fsp3) is 0.625. The molecule has 0 N–H and O–H groups in total. The fourth-order valence-corrected chi connectivity index (χ4v) is 3.26. The Morgan fingerprint density at radius 2 is 0.750 bits per heavy atom. The summed E-state index contributed by atoms with van der Waals surface area (Å²) in [7, 11) is 0. The van der Waals surface area contributed by atoms with Gasteiger partial charge < -0.3 is 9.47 Å². The Hall–Kier alpha value is -2.36. The second-order valence-electron chi connectivity index (χ2n) is 7.30. The van der Waals surface area contributed by atoms with Gasteiger partial charge in [0.2, 0.25) is 0 Å². The second-order valence-corrected chi connectivity index (χ2v) is 7.30. The minimum absolute atomic E-state index is 0.0101. The molecule has 0 aliphatic heterocycles. The summed E-state index contributed by atoms with van der Waals surface area (Å²) in [5, 5.41) is 0. The molecule has 0 aromatic heterocycles. The highest BCUT2D eigenvalue weighted by atomic mass is 16.6. The Morgan fingerprint density at radius 1 is 0.472 bits per heavy atom. The second kappa shape index (κ2) is 49.7. The minimum atomic E-state index is -0.132. The first-order valence-corrected chi connectivity index (χ1v) is 13.4. The van der Waals surface area contributed by atoms with Crippen LogP contribution in [-0.2, 0) is 19.1 Å². The zero-order valence-corrected chi connectivity index (χ0v) is 24.8. The highest BCUT2D eigenvalue weighted by Gasteiger charge is 2.20. The van der Waals surface area contributed by atoms with Crippen LogP contribution in [0.1, 0.15) is 105 Å². The van der Waals surface area contributed by atoms with Gasteiger partial charge in [0.1, 0.15) is 13.2 Å². The van der Waals surface area contributed by atoms with E-state index in [0.29, 0.717) is 0 Å². The van der Waals surface area contributed by atoms with Gasteiger partial charge in [0.25, 0.3) is 0 Å². The smallest absolute Gasteiger partial charge is 0.309 e. The number of rotatable bonds is 17. The quantitative estimate of drug-likeness (QED) is 0.111. The van der Waals surface area contributed by atoms with Crippen LogP contribution in [0.25, 0.3) is 0 Å². The van der Waals surface area contributed by atoms with Crippen LogP contribution in [0.15, 0.2) is 65.8 Å². The van der Waals surface area contributed by atoms with E-state index in [-0.39, 0.29) is 37.0 Å². The Morgan fingerprint density at radius 3 is 0.972 bits per heavy atom. The molecule has 0 aromatic carbocycles. The number of unbranched alkanes of at least 4 members (excludes halogenated alkanes) is 4. The number of ether oxygens (including phenoxy) is 2. The van der Waals surface area contributed by atoms with E-state index in [4.69, 9.17) is 9.47 Å². The van der Waals surface area contributed by atoms with E-state index in [1.54, 1.807) is 0 Å². The summed E-state index contributed by atoms with van der Waals surface area (Å²) < 4.78 is 10.7. The Kier molecular flexibility index (Phi) is 64.8. The lowest BCUT2D eigenvalue weighted by atomic mass is 9.96. The van der Waals surface area contributed by atoms with Gasteiger partial charge in [-0.15, -0.1) is 65.8 Å². The lowest BCUT2D eigenvalue weighted by molar-refractivity contribution is -0.158. The van der Waals surface area contributed by atoms with Crippen molar-refractivity contribution in [3.8, 4) is 0 Å². The van der Waals surface area contributed by atoms with E-state index in [1.807, 2.05) is 0 Å². The summed E-state index contributed by atoms with van der Waals surface area (Å²) in [6.45, 7) is 38.9. The topological polar surface area (TPSA) is 52.6 Å². The van der Waals surface area contributed by atoms with E-state index in [0.717, 1.165) is 77.0 Å². The lowest BCUT2D eigenvalue weighted by Crippen LogP contribution is -2.23.